The topological polar surface area (TPSA) is 76.1 Å². The molecule has 7 heteroatoms. The number of thiophene rings is 1. The molecule has 0 aliphatic carbocycles. The number of nitrogens with zero attached hydrogens (tertiary/aromatic N) is 1. The molecule has 1 aromatic carbocycles. The summed E-state index contributed by atoms with van der Waals surface area (Å²) in [5, 5.41) is 12.9. The molecule has 1 atom stereocenters. The van der Waals surface area contributed by atoms with Gasteiger partial charge in [0.15, 0.2) is 0 Å². The van der Waals surface area contributed by atoms with Crippen molar-refractivity contribution in [2.45, 2.75) is 32.4 Å². The van der Waals surface area contributed by atoms with Gasteiger partial charge in [-0.25, -0.2) is 0 Å². The number of hydrogen-bond acceptors (Lipinski definition) is 6. The summed E-state index contributed by atoms with van der Waals surface area (Å²) in [6.07, 6.45) is 0.637. The summed E-state index contributed by atoms with van der Waals surface area (Å²) in [6.45, 7) is 4.72. The highest BCUT2D eigenvalue weighted by Gasteiger charge is 2.46. The van der Waals surface area contributed by atoms with Crippen LogP contribution in [0, 0.1) is 0 Å². The Morgan fingerprint density at radius 3 is 2.52 bits per heavy atom. The van der Waals surface area contributed by atoms with Crippen molar-refractivity contribution >= 4 is 28.8 Å². The zero-order chi connectivity index (χ0) is 21.0. The van der Waals surface area contributed by atoms with Crippen LogP contribution in [0.2, 0.25) is 0 Å². The lowest BCUT2D eigenvalue weighted by Gasteiger charge is -2.24. The summed E-state index contributed by atoms with van der Waals surface area (Å²) in [5.74, 6) is -0.764. The van der Waals surface area contributed by atoms with Gasteiger partial charge in [0.25, 0.3) is 11.7 Å². The maximum Gasteiger partial charge on any atom is 0.295 e. The van der Waals surface area contributed by atoms with Crippen LogP contribution in [-0.2, 0) is 14.3 Å². The van der Waals surface area contributed by atoms with Crippen LogP contribution < -0.4 is 4.74 Å². The van der Waals surface area contributed by atoms with Crippen LogP contribution in [0.3, 0.4) is 0 Å². The van der Waals surface area contributed by atoms with E-state index in [1.165, 1.54) is 16.2 Å². The number of likely N-dealkylation sites (tertiary alicyclic amines) is 1. The summed E-state index contributed by atoms with van der Waals surface area (Å²) in [6, 6.07) is 10.0. The third-order valence-electron chi connectivity index (χ3n) is 4.60. The Morgan fingerprint density at radius 1 is 1.21 bits per heavy atom. The van der Waals surface area contributed by atoms with E-state index in [1.54, 1.807) is 31.4 Å². The molecule has 1 unspecified atom stereocenters. The first-order valence-electron chi connectivity index (χ1n) is 9.52. The molecule has 6 nitrogen and oxygen atoms in total. The number of carbonyl (C=O) groups excluding carboxylic acids is 2. The van der Waals surface area contributed by atoms with Gasteiger partial charge in [0.1, 0.15) is 11.5 Å². The minimum atomic E-state index is -0.666. The van der Waals surface area contributed by atoms with Crippen molar-refractivity contribution < 1.29 is 24.2 Å². The third-order valence-corrected chi connectivity index (χ3v) is 5.52. The number of amides is 1. The Balaban J connectivity index is 1.99. The smallest absolute Gasteiger partial charge is 0.295 e. The Bertz CT molecular complexity index is 886. The Labute approximate surface area is 174 Å². The van der Waals surface area contributed by atoms with Gasteiger partial charge >= 0.3 is 0 Å². The molecule has 0 radical (unpaired) electrons. The summed E-state index contributed by atoms with van der Waals surface area (Å²) >= 11 is 1.45. The fourth-order valence-corrected chi connectivity index (χ4v) is 4.20. The highest BCUT2D eigenvalue weighted by molar-refractivity contribution is 7.10. The molecule has 1 aromatic heterocycles. The molecule has 1 saturated heterocycles. The van der Waals surface area contributed by atoms with E-state index in [9.17, 15) is 14.7 Å². The summed E-state index contributed by atoms with van der Waals surface area (Å²) in [5.41, 5.74) is 0.588. The van der Waals surface area contributed by atoms with Crippen molar-refractivity contribution in [3.8, 4) is 5.75 Å². The van der Waals surface area contributed by atoms with E-state index < -0.39 is 17.7 Å². The van der Waals surface area contributed by atoms with Crippen molar-refractivity contribution in [3.63, 3.8) is 0 Å². The number of aliphatic hydroxyl groups excluding tert-OH is 1. The van der Waals surface area contributed by atoms with E-state index in [4.69, 9.17) is 9.47 Å². The van der Waals surface area contributed by atoms with E-state index in [-0.39, 0.29) is 17.4 Å². The molecule has 2 aromatic rings. The van der Waals surface area contributed by atoms with Crippen molar-refractivity contribution in [2.24, 2.45) is 0 Å². The van der Waals surface area contributed by atoms with Gasteiger partial charge < -0.3 is 19.5 Å². The average Bonchev–Trinajstić information content (AvgIpc) is 3.30. The second-order valence-corrected chi connectivity index (χ2v) is 8.02. The van der Waals surface area contributed by atoms with Gasteiger partial charge in [0.2, 0.25) is 0 Å². The molecule has 1 amide bonds. The molecule has 1 N–H and O–H groups in total. The lowest BCUT2D eigenvalue weighted by molar-refractivity contribution is -0.140. The van der Waals surface area contributed by atoms with E-state index in [0.29, 0.717) is 30.9 Å². The van der Waals surface area contributed by atoms with Crippen LogP contribution >= 0.6 is 11.3 Å². The SMILES string of the molecule is COCCCN1C(=O)C(=O)/C(=C(/O)c2ccc(OC(C)C)cc2)C1c1cccs1. The normalized spacial score (nSPS) is 18.6. The zero-order valence-corrected chi connectivity index (χ0v) is 17.6. The van der Waals surface area contributed by atoms with Crippen LogP contribution in [0.15, 0.2) is 47.4 Å². The fraction of sp³-hybridized carbons (Fsp3) is 0.364. The maximum absolute atomic E-state index is 12.8. The number of methoxy groups -OCH3 is 1. The van der Waals surface area contributed by atoms with E-state index in [1.807, 2.05) is 31.4 Å². The highest BCUT2D eigenvalue weighted by atomic mass is 32.1. The quantitative estimate of drug-likeness (QED) is 0.305. The predicted molar refractivity (Wildman–Crippen MR) is 112 cm³/mol. The Morgan fingerprint density at radius 2 is 1.93 bits per heavy atom. The number of ether oxygens (including phenoxy) is 2. The minimum Gasteiger partial charge on any atom is -0.507 e. The lowest BCUT2D eigenvalue weighted by atomic mass is 10.00. The molecule has 0 spiro atoms. The van der Waals surface area contributed by atoms with Crippen LogP contribution in [-0.4, -0.2) is 48.1 Å². The molecular weight excluding hydrogens is 390 g/mol. The molecule has 0 saturated carbocycles. The van der Waals surface area contributed by atoms with Gasteiger partial charge in [-0.3, -0.25) is 9.59 Å². The average molecular weight is 416 g/mol. The molecule has 1 fully saturated rings. The van der Waals surface area contributed by atoms with Gasteiger partial charge in [0.05, 0.1) is 17.7 Å². The molecule has 1 aliphatic rings. The molecule has 1 aliphatic heterocycles. The molecular formula is C22H25NO5S. The second kappa shape index (κ2) is 9.24. The molecule has 29 heavy (non-hydrogen) atoms. The van der Waals surface area contributed by atoms with Gasteiger partial charge in [-0.15, -0.1) is 11.3 Å². The summed E-state index contributed by atoms with van der Waals surface area (Å²) < 4.78 is 10.7. The monoisotopic (exact) mass is 415 g/mol. The van der Waals surface area contributed by atoms with E-state index in [2.05, 4.69) is 0 Å². The number of Topliss-reactive ketones (excluding diaryl/α,β-unsaturated/α-hetero) is 1. The van der Waals surface area contributed by atoms with Crippen molar-refractivity contribution in [2.75, 3.05) is 20.3 Å². The number of ketones is 1. The first kappa shape index (κ1) is 21.1. The largest absolute Gasteiger partial charge is 0.507 e. The van der Waals surface area contributed by atoms with Gasteiger partial charge in [-0.05, 0) is 56.0 Å². The first-order chi connectivity index (χ1) is 13.9. The Hall–Kier alpha value is -2.64. The van der Waals surface area contributed by atoms with Gasteiger partial charge in [-0.2, -0.15) is 0 Å². The molecule has 2 heterocycles. The van der Waals surface area contributed by atoms with E-state index in [0.717, 1.165) is 4.88 Å². The number of benzene rings is 1. The highest BCUT2D eigenvalue weighted by Crippen LogP contribution is 2.41. The first-order valence-corrected chi connectivity index (χ1v) is 10.4. The van der Waals surface area contributed by atoms with Crippen LogP contribution in [0.25, 0.3) is 5.76 Å². The van der Waals surface area contributed by atoms with Gasteiger partial charge in [-0.1, -0.05) is 6.07 Å². The van der Waals surface area contributed by atoms with Crippen LogP contribution in [0.1, 0.15) is 36.8 Å². The summed E-state index contributed by atoms with van der Waals surface area (Å²) in [4.78, 5) is 27.9. The minimum absolute atomic E-state index is 0.0331. The van der Waals surface area contributed by atoms with Crippen molar-refractivity contribution in [1.29, 1.82) is 0 Å². The van der Waals surface area contributed by atoms with E-state index >= 15 is 0 Å². The van der Waals surface area contributed by atoms with Crippen LogP contribution in [0.5, 0.6) is 5.75 Å². The fourth-order valence-electron chi connectivity index (χ4n) is 3.35. The lowest BCUT2D eigenvalue weighted by Crippen LogP contribution is -2.31. The second-order valence-electron chi connectivity index (χ2n) is 7.05. The maximum atomic E-state index is 12.8. The third kappa shape index (κ3) is 4.52. The summed E-state index contributed by atoms with van der Waals surface area (Å²) in [7, 11) is 1.59. The Kier molecular flexibility index (Phi) is 6.71. The van der Waals surface area contributed by atoms with Crippen LogP contribution in [0.4, 0.5) is 0 Å². The molecule has 0 bridgehead atoms. The number of carbonyl (C=O) groups is 2. The standard InChI is InChI=1S/C22H25NO5S/c1-14(2)28-16-9-7-15(8-10-16)20(24)18-19(17-6-4-13-29-17)23(11-5-12-27-3)22(26)21(18)25/h4,6-10,13-14,19,24H,5,11-12H2,1-3H3/b20-18+. The number of hydrogen-bond donors (Lipinski definition) is 1. The molecule has 154 valence electrons. The number of aliphatic hydroxyl groups is 1. The number of rotatable bonds is 8. The van der Waals surface area contributed by atoms with Crippen molar-refractivity contribution in [3.05, 3.63) is 57.8 Å². The zero-order valence-electron chi connectivity index (χ0n) is 16.8. The van der Waals surface area contributed by atoms with Crippen molar-refractivity contribution in [1.82, 2.24) is 4.90 Å². The molecule has 3 rings (SSSR count). The van der Waals surface area contributed by atoms with Gasteiger partial charge in [0, 0.05) is 30.7 Å². The predicted octanol–water partition coefficient (Wildman–Crippen LogP) is 3.99.